The van der Waals surface area contributed by atoms with Gasteiger partial charge in [-0.15, -0.1) is 0 Å². The fourth-order valence-electron chi connectivity index (χ4n) is 2.40. The maximum absolute atomic E-state index is 12.7. The molecule has 1 aromatic carbocycles. The molecule has 1 saturated heterocycles. The molecule has 20 heavy (non-hydrogen) atoms. The predicted octanol–water partition coefficient (Wildman–Crippen LogP) is 3.27. The van der Waals surface area contributed by atoms with Gasteiger partial charge in [0, 0.05) is 12.6 Å². The Kier molecular flexibility index (Phi) is 4.11. The summed E-state index contributed by atoms with van der Waals surface area (Å²) in [5.74, 6) is 0. The van der Waals surface area contributed by atoms with Crippen molar-refractivity contribution < 1.29 is 21.6 Å². The van der Waals surface area contributed by atoms with Crippen LogP contribution in [0.15, 0.2) is 29.2 Å². The van der Waals surface area contributed by atoms with Crippen molar-refractivity contribution in [2.24, 2.45) is 0 Å². The summed E-state index contributed by atoms with van der Waals surface area (Å²) < 4.78 is 64.2. The van der Waals surface area contributed by atoms with E-state index >= 15 is 0 Å². The van der Waals surface area contributed by atoms with Crippen LogP contribution < -0.4 is 0 Å². The third kappa shape index (κ3) is 2.98. The molecule has 0 spiro atoms. The number of hydrogen-bond donors (Lipinski definition) is 0. The molecule has 1 aliphatic heterocycles. The largest absolute Gasteiger partial charge is 0.416 e. The van der Waals surface area contributed by atoms with E-state index in [9.17, 15) is 21.6 Å². The van der Waals surface area contributed by atoms with Crippen molar-refractivity contribution >= 4 is 10.0 Å². The second kappa shape index (κ2) is 5.37. The van der Waals surface area contributed by atoms with Crippen molar-refractivity contribution in [1.82, 2.24) is 4.31 Å². The van der Waals surface area contributed by atoms with E-state index in [0.717, 1.165) is 31.4 Å². The smallest absolute Gasteiger partial charge is 0.207 e. The Morgan fingerprint density at radius 2 is 1.95 bits per heavy atom. The van der Waals surface area contributed by atoms with E-state index in [2.05, 4.69) is 0 Å². The fourth-order valence-corrected chi connectivity index (χ4v) is 4.14. The normalized spacial score (nSPS) is 21.9. The summed E-state index contributed by atoms with van der Waals surface area (Å²) in [6.45, 7) is 2.14. The van der Waals surface area contributed by atoms with Crippen LogP contribution in [0.4, 0.5) is 13.2 Å². The molecule has 0 radical (unpaired) electrons. The molecule has 0 N–H and O–H groups in total. The minimum atomic E-state index is -4.54. The van der Waals surface area contributed by atoms with Gasteiger partial charge in [-0.05, 0) is 38.0 Å². The van der Waals surface area contributed by atoms with E-state index < -0.39 is 21.8 Å². The first-order valence-corrected chi connectivity index (χ1v) is 7.86. The molecule has 1 fully saturated rings. The van der Waals surface area contributed by atoms with Gasteiger partial charge in [-0.2, -0.15) is 17.5 Å². The molecule has 1 aliphatic rings. The van der Waals surface area contributed by atoms with Crippen LogP contribution in [0.1, 0.15) is 31.7 Å². The van der Waals surface area contributed by atoms with Gasteiger partial charge in [0.1, 0.15) is 0 Å². The molecule has 0 aliphatic carbocycles. The standard InChI is InChI=1S/C13H16F3NO2S/c1-10-5-2-3-8-17(10)20(18,19)12-7-4-6-11(9-12)13(14,15)16/h4,6-7,9-10H,2-3,5,8H2,1H3/t10-/m0/s1. The topological polar surface area (TPSA) is 37.4 Å². The maximum atomic E-state index is 12.7. The number of alkyl halides is 3. The van der Waals surface area contributed by atoms with E-state index in [1.54, 1.807) is 6.92 Å². The molecule has 7 heteroatoms. The number of hydrogen-bond acceptors (Lipinski definition) is 2. The van der Waals surface area contributed by atoms with Gasteiger partial charge in [0.25, 0.3) is 0 Å². The summed E-state index contributed by atoms with van der Waals surface area (Å²) in [5.41, 5.74) is -0.941. The lowest BCUT2D eigenvalue weighted by Gasteiger charge is -2.32. The van der Waals surface area contributed by atoms with Crippen molar-refractivity contribution in [3.8, 4) is 0 Å². The highest BCUT2D eigenvalue weighted by Crippen LogP contribution is 2.32. The van der Waals surface area contributed by atoms with E-state index in [1.807, 2.05) is 0 Å². The molecule has 0 saturated carbocycles. The van der Waals surface area contributed by atoms with Gasteiger partial charge in [-0.3, -0.25) is 0 Å². The number of halogens is 3. The summed E-state index contributed by atoms with van der Waals surface area (Å²) in [6.07, 6.45) is -2.13. The van der Waals surface area contributed by atoms with Crippen LogP contribution in [0.3, 0.4) is 0 Å². The summed E-state index contributed by atoms with van der Waals surface area (Å²) in [6, 6.07) is 3.74. The Bertz CT molecular complexity index is 584. The molecule has 1 aromatic rings. The fraction of sp³-hybridized carbons (Fsp3) is 0.538. The number of benzene rings is 1. The second-order valence-corrected chi connectivity index (χ2v) is 6.88. The van der Waals surface area contributed by atoms with Gasteiger partial charge in [-0.1, -0.05) is 12.5 Å². The Hall–Kier alpha value is -1.08. The second-order valence-electron chi connectivity index (χ2n) is 4.99. The minimum absolute atomic E-state index is 0.178. The zero-order valence-electron chi connectivity index (χ0n) is 11.0. The predicted molar refractivity (Wildman–Crippen MR) is 68.6 cm³/mol. The van der Waals surface area contributed by atoms with Crippen LogP contribution in [0.2, 0.25) is 0 Å². The first-order valence-electron chi connectivity index (χ1n) is 6.42. The number of piperidine rings is 1. The zero-order chi connectivity index (χ0) is 15.0. The number of nitrogens with zero attached hydrogens (tertiary/aromatic N) is 1. The first kappa shape index (κ1) is 15.3. The summed E-state index contributed by atoms with van der Waals surface area (Å²) in [7, 11) is -3.86. The lowest BCUT2D eigenvalue weighted by molar-refractivity contribution is -0.137. The highest BCUT2D eigenvalue weighted by atomic mass is 32.2. The molecule has 2 rings (SSSR count). The molecule has 0 aromatic heterocycles. The maximum Gasteiger partial charge on any atom is 0.416 e. The molecular formula is C13H16F3NO2S. The molecule has 112 valence electrons. The van der Waals surface area contributed by atoms with Crippen molar-refractivity contribution in [3.63, 3.8) is 0 Å². The van der Waals surface area contributed by atoms with Gasteiger partial charge in [0.2, 0.25) is 10.0 Å². The van der Waals surface area contributed by atoms with Crippen LogP contribution in [0.5, 0.6) is 0 Å². The Balaban J connectivity index is 2.39. The van der Waals surface area contributed by atoms with Gasteiger partial charge in [-0.25, -0.2) is 8.42 Å². The molecule has 0 unspecified atom stereocenters. The van der Waals surface area contributed by atoms with Gasteiger partial charge in [0.05, 0.1) is 10.5 Å². The Labute approximate surface area is 116 Å². The molecule has 1 atom stereocenters. The van der Waals surface area contributed by atoms with Gasteiger partial charge < -0.3 is 0 Å². The molecule has 0 bridgehead atoms. The molecule has 0 amide bonds. The number of rotatable bonds is 2. The summed E-state index contributed by atoms with van der Waals surface area (Å²) in [4.78, 5) is -0.291. The van der Waals surface area contributed by atoms with Crippen LogP contribution in [-0.4, -0.2) is 25.3 Å². The third-order valence-electron chi connectivity index (χ3n) is 3.51. The quantitative estimate of drug-likeness (QED) is 0.841. The SMILES string of the molecule is C[C@H]1CCCCN1S(=O)(=O)c1cccc(C(F)(F)F)c1. The lowest BCUT2D eigenvalue weighted by Crippen LogP contribution is -2.41. The zero-order valence-corrected chi connectivity index (χ0v) is 11.8. The highest BCUT2D eigenvalue weighted by Gasteiger charge is 2.34. The van der Waals surface area contributed by atoms with E-state index in [4.69, 9.17) is 0 Å². The van der Waals surface area contributed by atoms with Crippen molar-refractivity contribution in [2.75, 3.05) is 6.54 Å². The van der Waals surface area contributed by atoms with Crippen molar-refractivity contribution in [2.45, 2.75) is 43.3 Å². The van der Waals surface area contributed by atoms with Crippen LogP contribution in [0, 0.1) is 0 Å². The third-order valence-corrected chi connectivity index (χ3v) is 5.52. The van der Waals surface area contributed by atoms with Crippen molar-refractivity contribution in [3.05, 3.63) is 29.8 Å². The van der Waals surface area contributed by atoms with E-state index in [1.165, 1.54) is 10.4 Å². The number of sulfonamides is 1. The van der Waals surface area contributed by atoms with Crippen LogP contribution >= 0.6 is 0 Å². The highest BCUT2D eigenvalue weighted by molar-refractivity contribution is 7.89. The Morgan fingerprint density at radius 3 is 2.55 bits per heavy atom. The lowest BCUT2D eigenvalue weighted by atomic mass is 10.1. The molecule has 1 heterocycles. The van der Waals surface area contributed by atoms with E-state index in [-0.39, 0.29) is 10.9 Å². The van der Waals surface area contributed by atoms with Crippen LogP contribution in [0.25, 0.3) is 0 Å². The van der Waals surface area contributed by atoms with Gasteiger partial charge >= 0.3 is 6.18 Å². The average Bonchev–Trinajstić information content (AvgIpc) is 2.38. The van der Waals surface area contributed by atoms with Gasteiger partial charge in [0.15, 0.2) is 0 Å². The summed E-state index contributed by atoms with van der Waals surface area (Å²) >= 11 is 0. The summed E-state index contributed by atoms with van der Waals surface area (Å²) in [5, 5.41) is 0. The monoisotopic (exact) mass is 307 g/mol. The minimum Gasteiger partial charge on any atom is -0.207 e. The van der Waals surface area contributed by atoms with E-state index in [0.29, 0.717) is 12.6 Å². The van der Waals surface area contributed by atoms with Crippen LogP contribution in [-0.2, 0) is 16.2 Å². The molecular weight excluding hydrogens is 291 g/mol. The average molecular weight is 307 g/mol. The van der Waals surface area contributed by atoms with Crippen molar-refractivity contribution in [1.29, 1.82) is 0 Å². The Morgan fingerprint density at radius 1 is 1.25 bits per heavy atom. The first-order chi connectivity index (χ1) is 9.23. The molecule has 3 nitrogen and oxygen atoms in total.